The average molecular weight is 249 g/mol. The number of ether oxygens (including phenoxy) is 1. The topological polar surface area (TPSA) is 58.6 Å². The van der Waals surface area contributed by atoms with E-state index in [9.17, 15) is 9.59 Å². The summed E-state index contributed by atoms with van der Waals surface area (Å²) < 4.78 is 4.90. The van der Waals surface area contributed by atoms with Gasteiger partial charge in [-0.15, -0.1) is 11.6 Å². The third kappa shape index (κ3) is 3.89. The van der Waals surface area contributed by atoms with Gasteiger partial charge in [0.25, 0.3) is 0 Å². The van der Waals surface area contributed by atoms with E-state index in [1.165, 1.54) is 0 Å². The highest BCUT2D eigenvalue weighted by Crippen LogP contribution is 2.11. The van der Waals surface area contributed by atoms with Crippen molar-refractivity contribution in [3.8, 4) is 0 Å². The summed E-state index contributed by atoms with van der Waals surface area (Å²) in [6.45, 7) is 3.41. The van der Waals surface area contributed by atoms with Gasteiger partial charge in [0, 0.05) is 19.1 Å². The van der Waals surface area contributed by atoms with Crippen LogP contribution in [0.5, 0.6) is 0 Å². The van der Waals surface area contributed by atoms with Gasteiger partial charge in [-0.25, -0.2) is 4.79 Å². The van der Waals surface area contributed by atoms with Crippen molar-refractivity contribution in [1.29, 1.82) is 0 Å². The molecular formula is C10H17ClN2O3. The minimum absolute atomic E-state index is 0.0158. The van der Waals surface area contributed by atoms with Crippen LogP contribution in [-0.2, 0) is 9.53 Å². The lowest BCUT2D eigenvalue weighted by Crippen LogP contribution is -2.47. The summed E-state index contributed by atoms with van der Waals surface area (Å²) in [4.78, 5) is 24.1. The Morgan fingerprint density at radius 2 is 2.06 bits per heavy atom. The number of carbonyl (C=O) groups excluding carboxylic acids is 2. The molecule has 0 aliphatic carbocycles. The van der Waals surface area contributed by atoms with E-state index in [4.69, 9.17) is 16.3 Å². The minimum atomic E-state index is -0.274. The van der Waals surface area contributed by atoms with Gasteiger partial charge in [-0.2, -0.15) is 0 Å². The Balaban J connectivity index is 2.28. The second kappa shape index (κ2) is 6.58. The lowest BCUT2D eigenvalue weighted by molar-refractivity contribution is -0.119. The molecule has 0 atom stereocenters. The molecule has 2 amide bonds. The van der Waals surface area contributed by atoms with E-state index in [-0.39, 0.29) is 23.9 Å². The van der Waals surface area contributed by atoms with Crippen LogP contribution in [0.2, 0.25) is 0 Å². The number of nitrogens with zero attached hydrogens (tertiary/aromatic N) is 1. The van der Waals surface area contributed by atoms with E-state index >= 15 is 0 Å². The molecule has 0 aromatic rings. The Hall–Kier alpha value is -0.970. The Kier molecular flexibility index (Phi) is 5.38. The van der Waals surface area contributed by atoms with E-state index in [1.54, 1.807) is 11.8 Å². The van der Waals surface area contributed by atoms with E-state index in [1.807, 2.05) is 0 Å². The van der Waals surface area contributed by atoms with Gasteiger partial charge in [0.15, 0.2) is 0 Å². The lowest BCUT2D eigenvalue weighted by Gasteiger charge is -2.31. The number of hydrogen-bond donors (Lipinski definition) is 1. The number of halogens is 1. The zero-order valence-electron chi connectivity index (χ0n) is 9.37. The first kappa shape index (κ1) is 13.1. The van der Waals surface area contributed by atoms with Crippen molar-refractivity contribution < 1.29 is 14.3 Å². The highest BCUT2D eigenvalue weighted by molar-refractivity contribution is 6.27. The summed E-state index contributed by atoms with van der Waals surface area (Å²) >= 11 is 5.40. The monoisotopic (exact) mass is 248 g/mol. The molecule has 0 unspecified atom stereocenters. The van der Waals surface area contributed by atoms with Crippen molar-refractivity contribution in [2.24, 2.45) is 0 Å². The maximum absolute atomic E-state index is 11.4. The second-order valence-corrected chi connectivity index (χ2v) is 3.93. The Labute approximate surface area is 100 Å². The molecular weight excluding hydrogens is 232 g/mol. The van der Waals surface area contributed by atoms with Crippen LogP contribution in [0, 0.1) is 0 Å². The number of piperidine rings is 1. The molecule has 0 spiro atoms. The quantitative estimate of drug-likeness (QED) is 0.757. The molecule has 16 heavy (non-hydrogen) atoms. The first-order valence-corrected chi connectivity index (χ1v) is 5.97. The molecule has 6 heteroatoms. The third-order valence-corrected chi connectivity index (χ3v) is 2.75. The number of alkyl halides is 1. The summed E-state index contributed by atoms with van der Waals surface area (Å²) in [6.07, 6.45) is 1.23. The van der Waals surface area contributed by atoms with Gasteiger partial charge in [0.1, 0.15) is 5.88 Å². The van der Waals surface area contributed by atoms with Crippen LogP contribution in [0.4, 0.5) is 4.79 Å². The molecule has 0 bridgehead atoms. The number of likely N-dealkylation sites (tertiary alicyclic amines) is 1. The zero-order chi connectivity index (χ0) is 12.0. The molecule has 1 saturated heterocycles. The molecule has 5 nitrogen and oxygen atoms in total. The van der Waals surface area contributed by atoms with Crippen LogP contribution in [0.1, 0.15) is 19.8 Å². The summed E-state index contributed by atoms with van der Waals surface area (Å²) in [5, 5.41) is 2.81. The van der Waals surface area contributed by atoms with E-state index in [0.717, 1.165) is 12.8 Å². The molecule has 1 aliphatic rings. The maximum Gasteiger partial charge on any atom is 0.409 e. The Morgan fingerprint density at radius 1 is 1.44 bits per heavy atom. The predicted molar refractivity (Wildman–Crippen MR) is 60.5 cm³/mol. The molecule has 0 aromatic heterocycles. The van der Waals surface area contributed by atoms with Crippen molar-refractivity contribution in [2.75, 3.05) is 25.6 Å². The third-order valence-electron chi connectivity index (χ3n) is 2.51. The minimum Gasteiger partial charge on any atom is -0.450 e. The molecule has 1 rings (SSSR count). The number of hydrogen-bond acceptors (Lipinski definition) is 3. The van der Waals surface area contributed by atoms with E-state index < -0.39 is 0 Å². The summed E-state index contributed by atoms with van der Waals surface area (Å²) in [6, 6.07) is 0.122. The number of amides is 2. The van der Waals surface area contributed by atoms with Gasteiger partial charge in [-0.1, -0.05) is 0 Å². The smallest absolute Gasteiger partial charge is 0.409 e. The van der Waals surface area contributed by atoms with Crippen molar-refractivity contribution in [2.45, 2.75) is 25.8 Å². The van der Waals surface area contributed by atoms with Gasteiger partial charge in [-0.3, -0.25) is 4.79 Å². The molecule has 92 valence electrons. The van der Waals surface area contributed by atoms with Crippen LogP contribution < -0.4 is 5.32 Å². The largest absolute Gasteiger partial charge is 0.450 e. The Morgan fingerprint density at radius 3 is 2.56 bits per heavy atom. The number of nitrogens with one attached hydrogen (secondary N) is 1. The van der Waals surface area contributed by atoms with Gasteiger partial charge in [0.05, 0.1) is 6.61 Å². The van der Waals surface area contributed by atoms with Gasteiger partial charge < -0.3 is 15.0 Å². The van der Waals surface area contributed by atoms with Crippen LogP contribution in [-0.4, -0.2) is 48.5 Å². The fourth-order valence-electron chi connectivity index (χ4n) is 1.69. The SMILES string of the molecule is CCOC(=O)N1CCC(NC(=O)CCl)CC1. The maximum atomic E-state index is 11.4. The first-order valence-electron chi connectivity index (χ1n) is 5.44. The molecule has 0 radical (unpaired) electrons. The predicted octanol–water partition coefficient (Wildman–Crippen LogP) is 0.962. The molecule has 1 N–H and O–H groups in total. The van der Waals surface area contributed by atoms with E-state index in [0.29, 0.717) is 19.7 Å². The highest BCUT2D eigenvalue weighted by atomic mass is 35.5. The normalized spacial score (nSPS) is 17.0. The number of rotatable bonds is 3. The highest BCUT2D eigenvalue weighted by Gasteiger charge is 2.24. The van der Waals surface area contributed by atoms with Crippen molar-refractivity contribution in [3.63, 3.8) is 0 Å². The van der Waals surface area contributed by atoms with Gasteiger partial charge in [-0.05, 0) is 19.8 Å². The van der Waals surface area contributed by atoms with Crippen LogP contribution >= 0.6 is 11.6 Å². The van der Waals surface area contributed by atoms with Gasteiger partial charge in [0.2, 0.25) is 5.91 Å². The summed E-state index contributed by atoms with van der Waals surface area (Å²) in [5.41, 5.74) is 0. The molecule has 1 aliphatic heterocycles. The van der Waals surface area contributed by atoms with Crippen molar-refractivity contribution in [1.82, 2.24) is 10.2 Å². The van der Waals surface area contributed by atoms with Crippen molar-refractivity contribution >= 4 is 23.6 Å². The molecule has 1 fully saturated rings. The lowest BCUT2D eigenvalue weighted by atomic mass is 10.1. The average Bonchev–Trinajstić information content (AvgIpc) is 2.30. The summed E-state index contributed by atoms with van der Waals surface area (Å²) in [5.74, 6) is -0.172. The van der Waals surface area contributed by atoms with Crippen LogP contribution in [0.3, 0.4) is 0 Å². The molecule has 1 heterocycles. The summed E-state index contributed by atoms with van der Waals surface area (Å²) in [7, 11) is 0. The standard InChI is InChI=1S/C10H17ClN2O3/c1-2-16-10(15)13-5-3-8(4-6-13)12-9(14)7-11/h8H,2-7H2,1H3,(H,12,14). The van der Waals surface area contributed by atoms with Crippen LogP contribution in [0.25, 0.3) is 0 Å². The van der Waals surface area contributed by atoms with E-state index in [2.05, 4.69) is 5.32 Å². The Bertz CT molecular complexity index is 252. The van der Waals surface area contributed by atoms with Crippen molar-refractivity contribution in [3.05, 3.63) is 0 Å². The molecule has 0 saturated carbocycles. The first-order chi connectivity index (χ1) is 7.67. The fourth-order valence-corrected chi connectivity index (χ4v) is 1.76. The van der Waals surface area contributed by atoms with Crippen LogP contribution in [0.15, 0.2) is 0 Å². The fraction of sp³-hybridized carbons (Fsp3) is 0.800. The van der Waals surface area contributed by atoms with Gasteiger partial charge >= 0.3 is 6.09 Å². The molecule has 0 aromatic carbocycles. The zero-order valence-corrected chi connectivity index (χ0v) is 10.1. The number of carbonyl (C=O) groups is 2. The second-order valence-electron chi connectivity index (χ2n) is 3.66.